The summed E-state index contributed by atoms with van der Waals surface area (Å²) in [6.45, 7) is 3.60. The van der Waals surface area contributed by atoms with Crippen LogP contribution in [0.1, 0.15) is 174 Å². The molecule has 0 saturated heterocycles. The third-order valence-corrected chi connectivity index (χ3v) is 7.97. The highest BCUT2D eigenvalue weighted by Gasteiger charge is 2.24. The predicted octanol–water partition coefficient (Wildman–Crippen LogP) is 7.49. The van der Waals surface area contributed by atoms with Gasteiger partial charge in [-0.25, -0.2) is 9.59 Å². The summed E-state index contributed by atoms with van der Waals surface area (Å²) in [5, 5.41) is 23.4. The highest BCUT2D eigenvalue weighted by Crippen LogP contribution is 2.15. The van der Waals surface area contributed by atoms with Crippen molar-refractivity contribution in [3.05, 3.63) is 0 Å². The van der Waals surface area contributed by atoms with E-state index in [1.165, 1.54) is 110 Å². The molecule has 0 fully saturated rings. The molecule has 0 aliphatic carbocycles. The molecule has 0 saturated carbocycles. The Hall–Kier alpha value is -2.45. The van der Waals surface area contributed by atoms with E-state index in [0.29, 0.717) is 6.42 Å². The van der Waals surface area contributed by atoms with Crippen LogP contribution in [0.4, 0.5) is 0 Å². The number of Topliss-reactive ketones (excluding diaryl/α,β-unsaturated/α-hetero) is 1. The number of unbranched alkanes of at least 4 members (excludes halogenated alkanes) is 19. The zero-order chi connectivity index (χ0) is 32.1. The molecule has 0 aliphatic rings. The van der Waals surface area contributed by atoms with Gasteiger partial charge in [-0.2, -0.15) is 0 Å². The van der Waals surface area contributed by atoms with Crippen LogP contribution < -0.4 is 10.6 Å². The van der Waals surface area contributed by atoms with Crippen LogP contribution in [-0.4, -0.2) is 51.8 Å². The fraction of sp³-hybridized carbons (Fsp3) is 0.853. The number of rotatable bonds is 31. The minimum Gasteiger partial charge on any atom is -0.480 e. The molecule has 0 aliphatic heterocycles. The maximum absolute atomic E-state index is 12.2. The molecule has 250 valence electrons. The number of carbonyl (C=O) groups is 5. The summed E-state index contributed by atoms with van der Waals surface area (Å²) >= 11 is 0. The Balaban J connectivity index is 3.76. The monoisotopic (exact) mass is 610 g/mol. The van der Waals surface area contributed by atoms with Gasteiger partial charge in [0.05, 0.1) is 0 Å². The smallest absolute Gasteiger partial charge is 0.326 e. The Morgan fingerprint density at radius 1 is 0.465 bits per heavy atom. The van der Waals surface area contributed by atoms with Crippen molar-refractivity contribution in [2.75, 3.05) is 0 Å². The molecule has 0 spiro atoms. The molecule has 0 rings (SSSR count). The lowest BCUT2D eigenvalue weighted by Gasteiger charge is -2.16. The van der Waals surface area contributed by atoms with Gasteiger partial charge in [0.1, 0.15) is 17.9 Å². The normalized spacial score (nSPS) is 12.4. The number of carboxylic acids is 2. The first kappa shape index (κ1) is 40.5. The number of amides is 2. The van der Waals surface area contributed by atoms with Crippen molar-refractivity contribution in [1.82, 2.24) is 10.6 Å². The standard InChI is InChI=1S/C34H62N2O7/c1-3-4-5-6-7-8-9-10-11-12-13-14-15-16-17-18-19-20-21-22-23-31(38)35-30(34(42)43)26-27-32(39)36-29(33(40)41)25-24-28(2)37/h29-30H,3-27H2,1-2H3,(H,35,38)(H,36,39)(H,40,41)(H,42,43). The maximum atomic E-state index is 12.2. The van der Waals surface area contributed by atoms with E-state index < -0.39 is 29.9 Å². The van der Waals surface area contributed by atoms with Gasteiger partial charge in [0.15, 0.2) is 0 Å². The highest BCUT2D eigenvalue weighted by molar-refractivity contribution is 5.86. The number of hydrogen-bond acceptors (Lipinski definition) is 5. The first-order valence-corrected chi connectivity index (χ1v) is 17.2. The summed E-state index contributed by atoms with van der Waals surface area (Å²) in [7, 11) is 0. The first-order valence-electron chi connectivity index (χ1n) is 17.2. The molecule has 0 aromatic heterocycles. The van der Waals surface area contributed by atoms with Gasteiger partial charge in [-0.05, 0) is 26.2 Å². The molecule has 0 radical (unpaired) electrons. The Kier molecular flexibility index (Phi) is 26.7. The zero-order valence-electron chi connectivity index (χ0n) is 27.3. The van der Waals surface area contributed by atoms with Crippen molar-refractivity contribution < 1.29 is 34.2 Å². The molecule has 0 heterocycles. The summed E-state index contributed by atoms with van der Waals surface area (Å²) in [5.74, 6) is -3.68. The molecule has 9 heteroatoms. The van der Waals surface area contributed by atoms with Gasteiger partial charge in [-0.1, -0.05) is 129 Å². The fourth-order valence-electron chi connectivity index (χ4n) is 5.21. The minimum absolute atomic E-state index is 0.0184. The van der Waals surface area contributed by atoms with Crippen LogP contribution in [0.3, 0.4) is 0 Å². The number of hydrogen-bond donors (Lipinski definition) is 4. The van der Waals surface area contributed by atoms with Crippen LogP contribution >= 0.6 is 0 Å². The van der Waals surface area contributed by atoms with Gasteiger partial charge in [0, 0.05) is 19.3 Å². The average molecular weight is 611 g/mol. The number of carbonyl (C=O) groups excluding carboxylic acids is 3. The zero-order valence-corrected chi connectivity index (χ0v) is 27.3. The van der Waals surface area contributed by atoms with E-state index in [1.54, 1.807) is 0 Å². The fourth-order valence-corrected chi connectivity index (χ4v) is 5.21. The molecule has 4 N–H and O–H groups in total. The van der Waals surface area contributed by atoms with E-state index in [0.717, 1.165) is 19.3 Å². The largest absolute Gasteiger partial charge is 0.480 e. The maximum Gasteiger partial charge on any atom is 0.326 e. The molecule has 9 nitrogen and oxygen atoms in total. The van der Waals surface area contributed by atoms with Crippen molar-refractivity contribution in [2.45, 2.75) is 186 Å². The molecule has 0 bridgehead atoms. The predicted molar refractivity (Wildman–Crippen MR) is 171 cm³/mol. The number of ketones is 1. The van der Waals surface area contributed by atoms with Crippen LogP contribution in [0, 0.1) is 0 Å². The second kappa shape index (κ2) is 28.3. The van der Waals surface area contributed by atoms with Crippen LogP contribution in [0.5, 0.6) is 0 Å². The van der Waals surface area contributed by atoms with Crippen LogP contribution in [-0.2, 0) is 24.0 Å². The minimum atomic E-state index is -1.26. The Bertz CT molecular complexity index is 772. The third kappa shape index (κ3) is 26.9. The third-order valence-electron chi connectivity index (χ3n) is 7.97. The molecular formula is C34H62N2O7. The van der Waals surface area contributed by atoms with Crippen LogP contribution in [0.25, 0.3) is 0 Å². The summed E-state index contributed by atoms with van der Waals surface area (Å²) in [5.41, 5.74) is 0. The summed E-state index contributed by atoms with van der Waals surface area (Å²) in [4.78, 5) is 58.2. The van der Waals surface area contributed by atoms with Gasteiger partial charge in [-0.15, -0.1) is 0 Å². The number of nitrogens with one attached hydrogen (secondary N) is 2. The van der Waals surface area contributed by atoms with E-state index >= 15 is 0 Å². The van der Waals surface area contributed by atoms with E-state index in [-0.39, 0.29) is 43.8 Å². The quantitative estimate of drug-likeness (QED) is 0.0594. The molecule has 0 aromatic carbocycles. The molecule has 2 atom stereocenters. The highest BCUT2D eigenvalue weighted by atomic mass is 16.4. The summed E-state index contributed by atoms with van der Waals surface area (Å²) < 4.78 is 0. The second-order valence-electron chi connectivity index (χ2n) is 12.2. The number of carboxylic acid groups (broad SMARTS) is 2. The first-order chi connectivity index (χ1) is 20.7. The second-order valence-corrected chi connectivity index (χ2v) is 12.2. The molecule has 0 aromatic rings. The molecule has 2 amide bonds. The lowest BCUT2D eigenvalue weighted by molar-refractivity contribution is -0.143. The summed E-state index contributed by atoms with van der Waals surface area (Å²) in [6, 6.07) is -2.43. The van der Waals surface area contributed by atoms with Gasteiger partial charge >= 0.3 is 11.9 Å². The molecular weight excluding hydrogens is 548 g/mol. The van der Waals surface area contributed by atoms with Crippen molar-refractivity contribution in [1.29, 1.82) is 0 Å². The Morgan fingerprint density at radius 2 is 0.767 bits per heavy atom. The average Bonchev–Trinajstić information content (AvgIpc) is 2.95. The van der Waals surface area contributed by atoms with Gasteiger partial charge < -0.3 is 25.6 Å². The van der Waals surface area contributed by atoms with Crippen LogP contribution in [0.2, 0.25) is 0 Å². The van der Waals surface area contributed by atoms with Crippen molar-refractivity contribution in [3.8, 4) is 0 Å². The van der Waals surface area contributed by atoms with E-state index in [9.17, 15) is 34.2 Å². The van der Waals surface area contributed by atoms with E-state index in [2.05, 4.69) is 17.6 Å². The lowest BCUT2D eigenvalue weighted by atomic mass is 10.0. The lowest BCUT2D eigenvalue weighted by Crippen LogP contribution is -2.44. The molecule has 2 unspecified atom stereocenters. The van der Waals surface area contributed by atoms with E-state index in [4.69, 9.17) is 0 Å². The van der Waals surface area contributed by atoms with Gasteiger partial charge in [0.2, 0.25) is 11.8 Å². The molecule has 43 heavy (non-hydrogen) atoms. The van der Waals surface area contributed by atoms with Crippen LogP contribution in [0.15, 0.2) is 0 Å². The van der Waals surface area contributed by atoms with Gasteiger partial charge in [-0.3, -0.25) is 9.59 Å². The summed E-state index contributed by atoms with van der Waals surface area (Å²) in [6.07, 6.45) is 25.4. The SMILES string of the molecule is CCCCCCCCCCCCCCCCCCCCCCC(=O)NC(CCC(=O)NC(CCC(C)=O)C(=O)O)C(=O)O. The number of aliphatic carboxylic acids is 2. The van der Waals surface area contributed by atoms with E-state index in [1.807, 2.05) is 0 Å². The Labute approximate surface area is 260 Å². The van der Waals surface area contributed by atoms with Crippen molar-refractivity contribution in [2.24, 2.45) is 0 Å². The van der Waals surface area contributed by atoms with Crippen molar-refractivity contribution >= 4 is 29.5 Å². The van der Waals surface area contributed by atoms with Crippen molar-refractivity contribution in [3.63, 3.8) is 0 Å². The van der Waals surface area contributed by atoms with Gasteiger partial charge in [0.25, 0.3) is 0 Å². The Morgan fingerprint density at radius 3 is 1.09 bits per heavy atom. The topological polar surface area (TPSA) is 150 Å².